The second-order valence-corrected chi connectivity index (χ2v) is 9.06. The van der Waals surface area contributed by atoms with Gasteiger partial charge in [-0.05, 0) is 74.1 Å². The number of nitrogens with one attached hydrogen (secondary N) is 1. The van der Waals surface area contributed by atoms with Gasteiger partial charge in [-0.3, -0.25) is 9.59 Å². The topological polar surface area (TPSA) is 66.4 Å². The highest BCUT2D eigenvalue weighted by molar-refractivity contribution is 6.26. The van der Waals surface area contributed by atoms with E-state index in [1.807, 2.05) is 24.3 Å². The van der Waals surface area contributed by atoms with Gasteiger partial charge in [0, 0.05) is 11.6 Å². The third kappa shape index (κ3) is 5.06. The monoisotopic (exact) mass is 453 g/mol. The Balaban J connectivity index is 1.65. The average molecular weight is 454 g/mol. The largest absolute Gasteiger partial charge is 0.393 e. The SMILES string of the molecule is CCc1ccc(CC2CC=C(C(=O)NC3CCCC(O)C3)C(=O)c3c(F)ccc(F)c32)cc1. The molecule has 3 unspecified atom stereocenters. The number of allylic oxidation sites excluding steroid dienone is 1. The standard InChI is InChI=1S/C27H29F2NO3/c1-2-16-6-8-17(9-7-16)14-18-10-11-21(27(33)30-19-4-3-5-20(31)15-19)26(32)25-23(29)13-12-22(28)24(18)25/h6-9,11-13,18-20,31H,2-5,10,14-15H2,1H3,(H,30,33). The van der Waals surface area contributed by atoms with Gasteiger partial charge in [-0.25, -0.2) is 8.78 Å². The van der Waals surface area contributed by atoms with Gasteiger partial charge >= 0.3 is 0 Å². The van der Waals surface area contributed by atoms with Crippen molar-refractivity contribution in [3.8, 4) is 0 Å². The van der Waals surface area contributed by atoms with Crippen molar-refractivity contribution in [2.24, 2.45) is 0 Å². The van der Waals surface area contributed by atoms with Gasteiger partial charge in [0.05, 0.1) is 17.2 Å². The van der Waals surface area contributed by atoms with Crippen molar-refractivity contribution in [2.45, 2.75) is 69.9 Å². The van der Waals surface area contributed by atoms with Crippen LogP contribution >= 0.6 is 0 Å². The van der Waals surface area contributed by atoms with Crippen molar-refractivity contribution in [3.63, 3.8) is 0 Å². The molecule has 33 heavy (non-hydrogen) atoms. The lowest BCUT2D eigenvalue weighted by molar-refractivity contribution is -0.118. The van der Waals surface area contributed by atoms with Gasteiger partial charge in [-0.2, -0.15) is 0 Å². The van der Waals surface area contributed by atoms with Crippen LogP contribution in [0.3, 0.4) is 0 Å². The molecule has 6 heteroatoms. The van der Waals surface area contributed by atoms with E-state index in [4.69, 9.17) is 0 Å². The summed E-state index contributed by atoms with van der Waals surface area (Å²) in [6, 6.07) is 9.69. The minimum atomic E-state index is -0.823. The molecule has 0 spiro atoms. The molecule has 1 fully saturated rings. The van der Waals surface area contributed by atoms with Gasteiger partial charge in [0.25, 0.3) is 5.91 Å². The summed E-state index contributed by atoms with van der Waals surface area (Å²) >= 11 is 0. The summed E-state index contributed by atoms with van der Waals surface area (Å²) in [4.78, 5) is 26.2. The summed E-state index contributed by atoms with van der Waals surface area (Å²) in [6.07, 6.45) is 5.19. The number of aliphatic hydroxyl groups is 1. The molecule has 0 radical (unpaired) electrons. The minimum absolute atomic E-state index is 0.0340. The highest BCUT2D eigenvalue weighted by atomic mass is 19.1. The van der Waals surface area contributed by atoms with Crippen molar-refractivity contribution < 1.29 is 23.5 Å². The maximum atomic E-state index is 15.0. The molecule has 0 bridgehead atoms. The number of benzene rings is 2. The Labute approximate surface area is 192 Å². The molecular weight excluding hydrogens is 424 g/mol. The van der Waals surface area contributed by atoms with Gasteiger partial charge in [0.15, 0.2) is 0 Å². The number of carbonyl (C=O) groups excluding carboxylic acids is 2. The Kier molecular flexibility index (Phi) is 7.03. The van der Waals surface area contributed by atoms with E-state index in [9.17, 15) is 23.5 Å². The van der Waals surface area contributed by atoms with E-state index in [0.717, 1.165) is 30.5 Å². The molecule has 1 saturated carbocycles. The van der Waals surface area contributed by atoms with Crippen LogP contribution in [0, 0.1) is 11.6 Å². The van der Waals surface area contributed by atoms with E-state index in [1.54, 1.807) is 0 Å². The first-order valence-corrected chi connectivity index (χ1v) is 11.7. The van der Waals surface area contributed by atoms with Crippen molar-refractivity contribution >= 4 is 11.7 Å². The third-order valence-corrected chi connectivity index (χ3v) is 6.77. The predicted molar refractivity (Wildman–Crippen MR) is 122 cm³/mol. The second-order valence-electron chi connectivity index (χ2n) is 9.06. The van der Waals surface area contributed by atoms with Crippen LogP contribution in [0.4, 0.5) is 8.78 Å². The Bertz CT molecular complexity index is 1080. The van der Waals surface area contributed by atoms with Crippen LogP contribution in [-0.4, -0.2) is 28.9 Å². The highest BCUT2D eigenvalue weighted by Gasteiger charge is 2.34. The van der Waals surface area contributed by atoms with Crippen molar-refractivity contribution in [3.05, 3.63) is 81.9 Å². The zero-order chi connectivity index (χ0) is 23.5. The number of rotatable bonds is 5. The van der Waals surface area contributed by atoms with Crippen LogP contribution in [0.25, 0.3) is 0 Å². The number of Topliss-reactive ketones (excluding diaryl/α,β-unsaturated/α-hetero) is 1. The number of hydrogen-bond acceptors (Lipinski definition) is 3. The number of aliphatic hydroxyl groups excluding tert-OH is 1. The summed E-state index contributed by atoms with van der Waals surface area (Å²) in [5, 5.41) is 12.7. The quantitative estimate of drug-likeness (QED) is 0.640. The third-order valence-electron chi connectivity index (χ3n) is 6.77. The molecule has 174 valence electrons. The Morgan fingerprint density at radius 2 is 1.76 bits per heavy atom. The molecule has 0 aliphatic heterocycles. The molecule has 2 N–H and O–H groups in total. The lowest BCUT2D eigenvalue weighted by Crippen LogP contribution is -2.41. The van der Waals surface area contributed by atoms with Gasteiger partial charge in [0.1, 0.15) is 11.6 Å². The number of fused-ring (bicyclic) bond motifs is 1. The van der Waals surface area contributed by atoms with Crippen LogP contribution in [0.1, 0.15) is 72.0 Å². The van der Waals surface area contributed by atoms with Gasteiger partial charge in [-0.15, -0.1) is 0 Å². The molecule has 1 amide bonds. The Hall–Kier alpha value is -2.86. The maximum Gasteiger partial charge on any atom is 0.255 e. The molecule has 0 saturated heterocycles. The summed E-state index contributed by atoms with van der Waals surface area (Å²) in [5.41, 5.74) is 1.65. The summed E-state index contributed by atoms with van der Waals surface area (Å²) in [7, 11) is 0. The Morgan fingerprint density at radius 3 is 2.45 bits per heavy atom. The molecule has 0 aromatic heterocycles. The van der Waals surface area contributed by atoms with Crippen molar-refractivity contribution in [2.75, 3.05) is 0 Å². The van der Waals surface area contributed by atoms with Crippen LogP contribution in [0.15, 0.2) is 48.0 Å². The maximum absolute atomic E-state index is 15.0. The summed E-state index contributed by atoms with van der Waals surface area (Å²) in [5.74, 6) is -3.33. The zero-order valence-electron chi connectivity index (χ0n) is 18.7. The molecule has 0 heterocycles. The van der Waals surface area contributed by atoms with E-state index in [1.165, 1.54) is 11.6 Å². The van der Waals surface area contributed by atoms with Gasteiger partial charge in [-0.1, -0.05) is 37.3 Å². The van der Waals surface area contributed by atoms with Crippen molar-refractivity contribution in [1.29, 1.82) is 0 Å². The van der Waals surface area contributed by atoms with E-state index in [0.29, 0.717) is 25.7 Å². The van der Waals surface area contributed by atoms with Gasteiger partial charge < -0.3 is 10.4 Å². The molecule has 2 aromatic carbocycles. The molecule has 4 rings (SSSR count). The molecule has 2 aliphatic rings. The molecule has 2 aromatic rings. The van der Waals surface area contributed by atoms with Crippen LogP contribution in [0.2, 0.25) is 0 Å². The first-order chi connectivity index (χ1) is 15.9. The second kappa shape index (κ2) is 9.96. The van der Waals surface area contributed by atoms with Crippen LogP contribution in [0.5, 0.6) is 0 Å². The van der Waals surface area contributed by atoms with E-state index in [2.05, 4.69) is 12.2 Å². The summed E-state index contributed by atoms with van der Waals surface area (Å²) in [6.45, 7) is 2.06. The number of amides is 1. The fourth-order valence-electron chi connectivity index (χ4n) is 4.94. The van der Waals surface area contributed by atoms with Crippen LogP contribution in [-0.2, 0) is 17.6 Å². The fraction of sp³-hybridized carbons (Fsp3) is 0.407. The van der Waals surface area contributed by atoms with Crippen molar-refractivity contribution in [1.82, 2.24) is 5.32 Å². The number of ketones is 1. The predicted octanol–water partition coefficient (Wildman–Crippen LogP) is 4.79. The summed E-state index contributed by atoms with van der Waals surface area (Å²) < 4.78 is 29.8. The lowest BCUT2D eigenvalue weighted by atomic mass is 9.86. The number of halogens is 2. The first kappa shape index (κ1) is 23.3. The molecular formula is C27H29F2NO3. The smallest absolute Gasteiger partial charge is 0.255 e. The van der Waals surface area contributed by atoms with Crippen LogP contribution < -0.4 is 5.32 Å². The number of aryl methyl sites for hydroxylation is 1. The zero-order valence-corrected chi connectivity index (χ0v) is 18.7. The molecule has 4 nitrogen and oxygen atoms in total. The van der Waals surface area contributed by atoms with E-state index >= 15 is 0 Å². The molecule has 3 atom stereocenters. The number of hydrogen-bond donors (Lipinski definition) is 2. The van der Waals surface area contributed by atoms with E-state index < -0.39 is 35.3 Å². The fourth-order valence-corrected chi connectivity index (χ4v) is 4.94. The number of carbonyl (C=O) groups is 2. The van der Waals surface area contributed by atoms with E-state index in [-0.39, 0.29) is 29.2 Å². The normalized spacial score (nSPS) is 22.8. The molecule has 2 aliphatic carbocycles. The minimum Gasteiger partial charge on any atom is -0.393 e. The highest BCUT2D eigenvalue weighted by Crippen LogP contribution is 2.36. The first-order valence-electron chi connectivity index (χ1n) is 11.7. The van der Waals surface area contributed by atoms with Gasteiger partial charge in [0.2, 0.25) is 5.78 Å². The Morgan fingerprint density at radius 1 is 1.06 bits per heavy atom. The lowest BCUT2D eigenvalue weighted by Gasteiger charge is -2.26. The average Bonchev–Trinajstić information content (AvgIpc) is 2.94.